The van der Waals surface area contributed by atoms with Gasteiger partial charge in [-0.1, -0.05) is 193 Å². The summed E-state index contributed by atoms with van der Waals surface area (Å²) in [5.41, 5.74) is 0. The molecule has 9 heteroatoms. The van der Waals surface area contributed by atoms with Crippen LogP contribution in [0.25, 0.3) is 0 Å². The van der Waals surface area contributed by atoms with E-state index in [2.05, 4.69) is 26.1 Å². The summed E-state index contributed by atoms with van der Waals surface area (Å²) >= 11 is 0. The Bertz CT molecular complexity index is 873. The first kappa shape index (κ1) is 50.9. The summed E-state index contributed by atoms with van der Waals surface area (Å²) in [6.07, 6.45) is 31.1. The fraction of sp³-hybridized carbons (Fsp3) is 0.933. The molecule has 1 rings (SSSR count). The second kappa shape index (κ2) is 35.1. The van der Waals surface area contributed by atoms with Crippen LogP contribution in [0.1, 0.15) is 207 Å². The number of allylic oxidation sites excluding steroid dienone is 1. The molecule has 1 fully saturated rings. The Hall–Kier alpha value is -1.07. The number of rotatable bonds is 37. The average molecular weight is 770 g/mol. The first-order valence-electron chi connectivity index (χ1n) is 22.8. The number of unbranched alkanes of at least 4 members (excludes halogenated alkanes) is 24. The zero-order valence-electron chi connectivity index (χ0n) is 35.2. The molecule has 1 amide bonds. The summed E-state index contributed by atoms with van der Waals surface area (Å²) in [6, 6.07) is -0.799. The molecule has 0 aromatic heterocycles. The molecule has 6 N–H and O–H groups in total. The minimum atomic E-state index is -1.56. The van der Waals surface area contributed by atoms with E-state index in [1.165, 1.54) is 141 Å². The van der Waals surface area contributed by atoms with Gasteiger partial charge in [0, 0.05) is 6.42 Å². The fourth-order valence-corrected chi connectivity index (χ4v) is 7.31. The van der Waals surface area contributed by atoms with Gasteiger partial charge in [0.25, 0.3) is 0 Å². The van der Waals surface area contributed by atoms with E-state index in [1.807, 2.05) is 6.08 Å². The van der Waals surface area contributed by atoms with E-state index in [0.717, 1.165) is 44.4 Å². The maximum absolute atomic E-state index is 12.9. The number of carbonyl (C=O) groups excluding carboxylic acids is 1. The Kier molecular flexibility index (Phi) is 33.1. The standard InChI is InChI=1S/C45H87NO8/c1-4-6-7-8-9-10-11-12-13-14-15-16-17-18-19-20-25-28-31-34-41(49)46-38(36-53-45-44(52)43(51)42(50)40(35-47)54-45)39(48)33-30-27-24-22-21-23-26-29-32-37(3)5-2/h30,33,37-40,42-45,47-48,50-52H,4-29,31-32,34-36H2,1-3H3,(H,46,49)/b33-30+/t37?,38?,39?,40?,42-,43?,44?,45-/m1/s1. The molecule has 0 aromatic carbocycles. The predicted octanol–water partition coefficient (Wildman–Crippen LogP) is 9.19. The van der Waals surface area contributed by atoms with Crippen molar-refractivity contribution >= 4 is 5.91 Å². The Labute approximate surface area is 331 Å². The lowest BCUT2D eigenvalue weighted by molar-refractivity contribution is -0.302. The molecule has 8 atom stereocenters. The summed E-state index contributed by atoms with van der Waals surface area (Å²) in [4.78, 5) is 12.9. The molecule has 1 heterocycles. The molecule has 1 saturated heterocycles. The average Bonchev–Trinajstić information content (AvgIpc) is 3.17. The van der Waals surface area contributed by atoms with Crippen LogP contribution < -0.4 is 5.32 Å². The van der Waals surface area contributed by atoms with Crippen molar-refractivity contribution in [2.24, 2.45) is 5.92 Å². The van der Waals surface area contributed by atoms with Crippen LogP contribution in [0.4, 0.5) is 0 Å². The highest BCUT2D eigenvalue weighted by Gasteiger charge is 2.44. The third-order valence-electron chi connectivity index (χ3n) is 11.4. The summed E-state index contributed by atoms with van der Waals surface area (Å²) in [6.45, 7) is 6.10. The monoisotopic (exact) mass is 770 g/mol. The van der Waals surface area contributed by atoms with Gasteiger partial charge in [-0.3, -0.25) is 4.79 Å². The van der Waals surface area contributed by atoms with Crippen LogP contribution in [0.5, 0.6) is 0 Å². The second-order valence-electron chi connectivity index (χ2n) is 16.4. The maximum Gasteiger partial charge on any atom is 0.220 e. The van der Waals surface area contributed by atoms with Gasteiger partial charge in [-0.05, 0) is 25.2 Å². The van der Waals surface area contributed by atoms with Gasteiger partial charge in [0.2, 0.25) is 5.91 Å². The number of amides is 1. The van der Waals surface area contributed by atoms with Gasteiger partial charge in [-0.25, -0.2) is 0 Å². The van der Waals surface area contributed by atoms with Crippen molar-refractivity contribution in [2.45, 2.75) is 250 Å². The summed E-state index contributed by atoms with van der Waals surface area (Å²) in [7, 11) is 0. The Morgan fingerprint density at radius 2 is 1.17 bits per heavy atom. The Balaban J connectivity index is 2.33. The zero-order chi connectivity index (χ0) is 39.7. The number of nitrogens with one attached hydrogen (secondary N) is 1. The third-order valence-corrected chi connectivity index (χ3v) is 11.4. The van der Waals surface area contributed by atoms with Crippen LogP contribution in [0.2, 0.25) is 0 Å². The second-order valence-corrected chi connectivity index (χ2v) is 16.4. The molecule has 6 unspecified atom stereocenters. The maximum atomic E-state index is 12.9. The van der Waals surface area contributed by atoms with Crippen molar-refractivity contribution in [3.8, 4) is 0 Å². The predicted molar refractivity (Wildman–Crippen MR) is 221 cm³/mol. The normalized spacial score (nSPS) is 22.1. The molecular formula is C45H87NO8. The molecule has 9 nitrogen and oxygen atoms in total. The topological polar surface area (TPSA) is 149 Å². The van der Waals surface area contributed by atoms with Gasteiger partial charge >= 0.3 is 0 Å². The minimum absolute atomic E-state index is 0.176. The van der Waals surface area contributed by atoms with E-state index >= 15 is 0 Å². The lowest BCUT2D eigenvalue weighted by Crippen LogP contribution is -2.60. The van der Waals surface area contributed by atoms with E-state index in [-0.39, 0.29) is 12.5 Å². The highest BCUT2D eigenvalue weighted by molar-refractivity contribution is 5.76. The molecule has 0 radical (unpaired) electrons. The lowest BCUT2D eigenvalue weighted by Gasteiger charge is -2.40. The number of hydrogen-bond acceptors (Lipinski definition) is 8. The molecule has 1 aliphatic heterocycles. The van der Waals surface area contributed by atoms with Gasteiger partial charge in [-0.2, -0.15) is 0 Å². The number of aliphatic hydroxyl groups excluding tert-OH is 5. The molecule has 54 heavy (non-hydrogen) atoms. The number of hydrogen-bond donors (Lipinski definition) is 6. The van der Waals surface area contributed by atoms with Crippen LogP contribution in [0.15, 0.2) is 12.2 Å². The molecular weight excluding hydrogens is 682 g/mol. The van der Waals surface area contributed by atoms with Gasteiger partial charge in [0.05, 0.1) is 25.4 Å². The van der Waals surface area contributed by atoms with E-state index in [9.17, 15) is 30.3 Å². The molecule has 0 saturated carbocycles. The molecule has 0 spiro atoms. The first-order valence-corrected chi connectivity index (χ1v) is 22.8. The van der Waals surface area contributed by atoms with Gasteiger partial charge in [0.15, 0.2) is 6.29 Å². The van der Waals surface area contributed by atoms with E-state index < -0.39 is 49.5 Å². The summed E-state index contributed by atoms with van der Waals surface area (Å²) < 4.78 is 11.2. The van der Waals surface area contributed by atoms with Crippen LogP contribution >= 0.6 is 0 Å². The van der Waals surface area contributed by atoms with Gasteiger partial charge in [-0.15, -0.1) is 0 Å². The van der Waals surface area contributed by atoms with Gasteiger partial charge in [0.1, 0.15) is 24.4 Å². The molecule has 320 valence electrons. The Morgan fingerprint density at radius 3 is 1.67 bits per heavy atom. The van der Waals surface area contributed by atoms with Crippen molar-refractivity contribution < 1.29 is 39.8 Å². The van der Waals surface area contributed by atoms with Crippen LogP contribution in [0.3, 0.4) is 0 Å². The number of ether oxygens (including phenoxy) is 2. The van der Waals surface area contributed by atoms with Crippen molar-refractivity contribution in [1.82, 2.24) is 5.32 Å². The fourth-order valence-electron chi connectivity index (χ4n) is 7.31. The first-order chi connectivity index (χ1) is 26.2. The van der Waals surface area contributed by atoms with Gasteiger partial charge < -0.3 is 40.3 Å². The lowest BCUT2D eigenvalue weighted by atomic mass is 9.99. The third kappa shape index (κ3) is 26.0. The van der Waals surface area contributed by atoms with Crippen LogP contribution in [-0.2, 0) is 14.3 Å². The summed E-state index contributed by atoms with van der Waals surface area (Å²) in [5, 5.41) is 54.1. The molecule has 1 aliphatic rings. The number of aliphatic hydroxyl groups is 5. The van der Waals surface area contributed by atoms with E-state index in [1.54, 1.807) is 6.08 Å². The van der Waals surface area contributed by atoms with Crippen molar-refractivity contribution in [1.29, 1.82) is 0 Å². The largest absolute Gasteiger partial charge is 0.394 e. The minimum Gasteiger partial charge on any atom is -0.394 e. The quantitative estimate of drug-likeness (QED) is 0.0271. The van der Waals surface area contributed by atoms with Crippen LogP contribution in [0, 0.1) is 5.92 Å². The van der Waals surface area contributed by atoms with Crippen molar-refractivity contribution in [2.75, 3.05) is 13.2 Å². The highest BCUT2D eigenvalue weighted by atomic mass is 16.7. The zero-order valence-corrected chi connectivity index (χ0v) is 35.2. The highest BCUT2D eigenvalue weighted by Crippen LogP contribution is 2.23. The summed E-state index contributed by atoms with van der Waals surface area (Å²) in [5.74, 6) is 0.640. The molecule has 0 bridgehead atoms. The van der Waals surface area contributed by atoms with Crippen LogP contribution in [-0.4, -0.2) is 87.5 Å². The number of carbonyl (C=O) groups is 1. The van der Waals surface area contributed by atoms with E-state index in [0.29, 0.717) is 6.42 Å². The van der Waals surface area contributed by atoms with Crippen molar-refractivity contribution in [3.63, 3.8) is 0 Å². The van der Waals surface area contributed by atoms with Crippen molar-refractivity contribution in [3.05, 3.63) is 12.2 Å². The Morgan fingerprint density at radius 1 is 0.685 bits per heavy atom. The smallest absolute Gasteiger partial charge is 0.220 e. The SMILES string of the molecule is CCCCCCCCCCCCCCCCCCCCCC(=O)NC(CO[C@@H]1OC(CO)[C@@H](O)C(O)C1O)C(O)/C=C/CCCCCCCCC(C)CC. The molecule has 0 aliphatic carbocycles. The van der Waals surface area contributed by atoms with E-state index in [4.69, 9.17) is 9.47 Å². The molecule has 0 aromatic rings.